The molecule has 6 heteroatoms. The number of allylic oxidation sites excluding steroid dienone is 3. The summed E-state index contributed by atoms with van der Waals surface area (Å²) in [6, 6.07) is 0. The molecule has 3 rings (SSSR count). The molecule has 1 saturated heterocycles. The molecule has 6 N–H and O–H groups in total. The van der Waals surface area contributed by atoms with Gasteiger partial charge in [-0.2, -0.15) is 0 Å². The van der Waals surface area contributed by atoms with E-state index in [0.29, 0.717) is 0 Å². The number of hydrazine groups is 1. The third-order valence-electron chi connectivity index (χ3n) is 4.06. The molecule has 1 atom stereocenters. The summed E-state index contributed by atoms with van der Waals surface area (Å²) < 4.78 is 0. The Kier molecular flexibility index (Phi) is 4.62. The van der Waals surface area contributed by atoms with Crippen LogP contribution in [-0.4, -0.2) is 60.2 Å². The van der Waals surface area contributed by atoms with E-state index in [1.807, 2.05) is 23.4 Å². The minimum atomic E-state index is -0.419. The van der Waals surface area contributed by atoms with Gasteiger partial charge in [-0.05, 0) is 31.7 Å². The molecule has 3 aliphatic heterocycles. The van der Waals surface area contributed by atoms with Crippen molar-refractivity contribution in [3.63, 3.8) is 0 Å². The first kappa shape index (κ1) is 15.2. The summed E-state index contributed by atoms with van der Waals surface area (Å²) in [4.78, 5) is 4.87. The van der Waals surface area contributed by atoms with Crippen LogP contribution in [0, 0.1) is 0 Å². The van der Waals surface area contributed by atoms with Gasteiger partial charge < -0.3 is 21.7 Å². The van der Waals surface area contributed by atoms with E-state index in [1.165, 1.54) is 0 Å². The van der Waals surface area contributed by atoms with Crippen LogP contribution in [-0.2, 0) is 0 Å². The number of fused-ring (bicyclic) bond motifs is 1. The number of hydrogen-bond donors (Lipinski definition) is 3. The van der Waals surface area contributed by atoms with Crippen molar-refractivity contribution in [2.45, 2.75) is 12.1 Å². The van der Waals surface area contributed by atoms with Gasteiger partial charge in [0.15, 0.2) is 0 Å². The van der Waals surface area contributed by atoms with Crippen LogP contribution in [0.4, 0.5) is 0 Å². The molecule has 0 aromatic carbocycles. The number of nitrogens with zero attached hydrogens (tertiary/aromatic N) is 3. The number of nitrogens with two attached hydrogens (primary N) is 1. The summed E-state index contributed by atoms with van der Waals surface area (Å²) in [5, 5.41) is 2.00. The third kappa shape index (κ3) is 3.28. The summed E-state index contributed by atoms with van der Waals surface area (Å²) in [5.74, 6) is 0. The normalized spacial score (nSPS) is 30.1. The molecule has 0 aromatic heterocycles. The van der Waals surface area contributed by atoms with Gasteiger partial charge in [-0.15, -0.1) is 0 Å². The largest absolute Gasteiger partial charge is 0.344 e. The Balaban J connectivity index is 0.00000147. The molecule has 1 fully saturated rings. The van der Waals surface area contributed by atoms with Crippen molar-refractivity contribution in [2.24, 2.45) is 5.73 Å². The predicted octanol–water partition coefficient (Wildman–Crippen LogP) is 0.229. The van der Waals surface area contributed by atoms with Crippen LogP contribution in [0.15, 0.2) is 36.2 Å². The van der Waals surface area contributed by atoms with Crippen LogP contribution in [0.5, 0.6) is 0 Å². The lowest BCUT2D eigenvalue weighted by molar-refractivity contribution is 0.138. The van der Waals surface area contributed by atoms with Gasteiger partial charge in [0.2, 0.25) is 0 Å². The van der Waals surface area contributed by atoms with Crippen LogP contribution < -0.4 is 17.3 Å². The van der Waals surface area contributed by atoms with E-state index in [1.54, 1.807) is 0 Å². The molecule has 1 unspecified atom stereocenters. The maximum absolute atomic E-state index is 6.43. The standard InChI is InChI=1S/C14H23N5.H3N/c1-17-8-10-18(11-9-17)7-5-14(15)12-13-4-2-3-6-19(13)16-14;/h2-4,6,12,16H,5,7-11,15H2,1H3;1H3. The molecular formula is C14H26N6. The molecule has 6 nitrogen and oxygen atoms in total. The summed E-state index contributed by atoms with van der Waals surface area (Å²) in [5.41, 5.74) is 10.5. The second-order valence-electron chi connectivity index (χ2n) is 5.69. The molecule has 0 aromatic rings. The summed E-state index contributed by atoms with van der Waals surface area (Å²) in [6.07, 6.45) is 11.2. The zero-order valence-electron chi connectivity index (χ0n) is 12.3. The molecule has 112 valence electrons. The van der Waals surface area contributed by atoms with Crippen molar-refractivity contribution in [3.05, 3.63) is 36.2 Å². The SMILES string of the molecule is CN1CCN(CCC2(N)C=C3C=CC=CN3N2)CC1.N. The maximum atomic E-state index is 6.43. The minimum Gasteiger partial charge on any atom is -0.344 e. The zero-order chi connectivity index (χ0) is 13.3. The molecule has 0 spiro atoms. The van der Waals surface area contributed by atoms with Crippen molar-refractivity contribution < 1.29 is 0 Å². The lowest BCUT2D eigenvalue weighted by Crippen LogP contribution is -2.55. The van der Waals surface area contributed by atoms with Gasteiger partial charge in [-0.3, -0.25) is 5.01 Å². The Bertz CT molecular complexity index is 421. The van der Waals surface area contributed by atoms with Gasteiger partial charge in [0, 0.05) is 38.9 Å². The lowest BCUT2D eigenvalue weighted by atomic mass is 10.1. The van der Waals surface area contributed by atoms with Crippen molar-refractivity contribution in [1.82, 2.24) is 26.4 Å². The molecule has 0 radical (unpaired) electrons. The van der Waals surface area contributed by atoms with Gasteiger partial charge in [0.05, 0.1) is 5.70 Å². The van der Waals surface area contributed by atoms with E-state index in [2.05, 4.69) is 34.4 Å². The fourth-order valence-corrected chi connectivity index (χ4v) is 2.74. The molecule has 3 aliphatic rings. The average molecular weight is 278 g/mol. The van der Waals surface area contributed by atoms with Gasteiger partial charge in [0.25, 0.3) is 0 Å². The number of nitrogens with one attached hydrogen (secondary N) is 1. The lowest BCUT2D eigenvalue weighted by Gasteiger charge is -2.34. The van der Waals surface area contributed by atoms with E-state index in [4.69, 9.17) is 5.73 Å². The second-order valence-corrected chi connectivity index (χ2v) is 5.69. The monoisotopic (exact) mass is 278 g/mol. The molecular weight excluding hydrogens is 252 g/mol. The number of piperazine rings is 1. The van der Waals surface area contributed by atoms with Gasteiger partial charge in [0.1, 0.15) is 5.66 Å². The highest BCUT2D eigenvalue weighted by molar-refractivity contribution is 5.33. The van der Waals surface area contributed by atoms with E-state index >= 15 is 0 Å². The molecule has 0 saturated carbocycles. The summed E-state index contributed by atoms with van der Waals surface area (Å²) in [6.45, 7) is 5.65. The smallest absolute Gasteiger partial charge is 0.107 e. The topological polar surface area (TPSA) is 82.8 Å². The highest BCUT2D eigenvalue weighted by Gasteiger charge is 2.32. The number of rotatable bonds is 3. The first-order valence-corrected chi connectivity index (χ1v) is 6.99. The highest BCUT2D eigenvalue weighted by atomic mass is 15.6. The van der Waals surface area contributed by atoms with Crippen LogP contribution in [0.1, 0.15) is 6.42 Å². The third-order valence-corrected chi connectivity index (χ3v) is 4.06. The minimum absolute atomic E-state index is 0. The van der Waals surface area contributed by atoms with Crippen molar-refractivity contribution in [3.8, 4) is 0 Å². The van der Waals surface area contributed by atoms with Crippen molar-refractivity contribution in [2.75, 3.05) is 39.8 Å². The summed E-state index contributed by atoms with van der Waals surface area (Å²) in [7, 11) is 2.18. The average Bonchev–Trinajstić information content (AvgIpc) is 2.75. The Morgan fingerprint density at radius 3 is 2.70 bits per heavy atom. The van der Waals surface area contributed by atoms with Crippen molar-refractivity contribution >= 4 is 0 Å². The van der Waals surface area contributed by atoms with E-state index in [-0.39, 0.29) is 6.15 Å². The van der Waals surface area contributed by atoms with Gasteiger partial charge in [-0.1, -0.05) is 6.08 Å². The van der Waals surface area contributed by atoms with Gasteiger partial charge in [-0.25, -0.2) is 5.43 Å². The molecule has 0 aliphatic carbocycles. The van der Waals surface area contributed by atoms with E-state index in [0.717, 1.165) is 44.8 Å². The highest BCUT2D eigenvalue weighted by Crippen LogP contribution is 2.23. The van der Waals surface area contributed by atoms with Crippen LogP contribution >= 0.6 is 0 Å². The molecule has 0 bridgehead atoms. The first-order chi connectivity index (χ1) is 9.15. The van der Waals surface area contributed by atoms with E-state index < -0.39 is 5.66 Å². The number of hydrogen-bond acceptors (Lipinski definition) is 6. The fourth-order valence-electron chi connectivity index (χ4n) is 2.74. The fraction of sp³-hybridized carbons (Fsp3) is 0.571. The molecule has 0 amide bonds. The zero-order valence-corrected chi connectivity index (χ0v) is 12.3. The Labute approximate surface area is 121 Å². The van der Waals surface area contributed by atoms with Crippen LogP contribution in [0.2, 0.25) is 0 Å². The Morgan fingerprint density at radius 1 is 1.25 bits per heavy atom. The second kappa shape index (κ2) is 6.07. The van der Waals surface area contributed by atoms with Crippen LogP contribution in [0.3, 0.4) is 0 Å². The van der Waals surface area contributed by atoms with Crippen molar-refractivity contribution in [1.29, 1.82) is 0 Å². The maximum Gasteiger partial charge on any atom is 0.107 e. The number of likely N-dealkylation sites (N-methyl/N-ethyl adjacent to an activating group) is 1. The summed E-state index contributed by atoms with van der Waals surface area (Å²) >= 11 is 0. The molecule has 20 heavy (non-hydrogen) atoms. The Morgan fingerprint density at radius 2 is 2.00 bits per heavy atom. The molecule has 3 heterocycles. The first-order valence-electron chi connectivity index (χ1n) is 6.99. The van der Waals surface area contributed by atoms with E-state index in [9.17, 15) is 0 Å². The van der Waals surface area contributed by atoms with Crippen LogP contribution in [0.25, 0.3) is 0 Å². The van der Waals surface area contributed by atoms with Gasteiger partial charge >= 0.3 is 0 Å². The predicted molar refractivity (Wildman–Crippen MR) is 81.8 cm³/mol. The quantitative estimate of drug-likeness (QED) is 0.685. The Hall–Kier alpha value is -1.18.